The van der Waals surface area contributed by atoms with Crippen LogP contribution in [-0.2, 0) is 0 Å². The molecular formula is C9H12NSi. The van der Waals surface area contributed by atoms with Gasteiger partial charge in [0.1, 0.15) is 0 Å². The molecule has 3 radical (unpaired) electrons. The van der Waals surface area contributed by atoms with Crippen LogP contribution in [0.1, 0.15) is 5.56 Å². The smallest absolute Gasteiger partial charge is 0.0712 e. The fourth-order valence-corrected chi connectivity index (χ4v) is 1.31. The lowest BCUT2D eigenvalue weighted by Crippen LogP contribution is -2.13. The quantitative estimate of drug-likeness (QED) is 0.554. The summed E-state index contributed by atoms with van der Waals surface area (Å²) in [6.45, 7) is 2.11. The van der Waals surface area contributed by atoms with E-state index in [-0.39, 0.29) is 0 Å². The first-order chi connectivity index (χ1) is 5.11. The number of hydrogen-bond donors (Lipinski definition) is 0. The molecule has 1 aromatic carbocycles. The van der Waals surface area contributed by atoms with E-state index in [1.54, 1.807) is 0 Å². The zero-order chi connectivity index (χ0) is 8.43. The van der Waals surface area contributed by atoms with Crippen LogP contribution < -0.4 is 10.1 Å². The van der Waals surface area contributed by atoms with Gasteiger partial charge in [-0.1, -0.05) is 17.3 Å². The molecule has 0 heterocycles. The highest BCUT2D eigenvalue weighted by Gasteiger charge is 1.98. The molecule has 1 rings (SSSR count). The van der Waals surface area contributed by atoms with Crippen molar-refractivity contribution in [3.05, 3.63) is 23.8 Å². The van der Waals surface area contributed by atoms with E-state index in [4.69, 9.17) is 0 Å². The van der Waals surface area contributed by atoms with Gasteiger partial charge in [0.2, 0.25) is 0 Å². The number of rotatable bonds is 1. The lowest BCUT2D eigenvalue weighted by molar-refractivity contribution is 1.12. The highest BCUT2D eigenvalue weighted by atomic mass is 28.1. The minimum absolute atomic E-state index is 1.12. The summed E-state index contributed by atoms with van der Waals surface area (Å²) in [4.78, 5) is 2.11. The standard InChI is InChI=1S/C9H12NSi/c1-7-4-5-8(11)6-9(7)10(2)3/h4-6H,1-3H3. The van der Waals surface area contributed by atoms with Crippen LogP contribution in [-0.4, -0.2) is 24.3 Å². The van der Waals surface area contributed by atoms with Crippen LogP contribution in [0, 0.1) is 6.92 Å². The second-order valence-corrected chi connectivity index (χ2v) is 3.47. The fourth-order valence-electron chi connectivity index (χ4n) is 1.09. The molecule has 57 valence electrons. The molecule has 1 aromatic rings. The SMILES string of the molecule is Cc1ccc([Si])cc1N(C)C. The van der Waals surface area contributed by atoms with Crippen molar-refractivity contribution in [2.24, 2.45) is 0 Å². The van der Waals surface area contributed by atoms with Crippen LogP contribution in [0.5, 0.6) is 0 Å². The van der Waals surface area contributed by atoms with E-state index in [0.717, 1.165) is 5.19 Å². The Balaban J connectivity index is 3.13. The average Bonchev–Trinajstić information content (AvgIpc) is 1.94. The third kappa shape index (κ3) is 1.83. The Morgan fingerprint density at radius 3 is 2.36 bits per heavy atom. The first-order valence-electron chi connectivity index (χ1n) is 3.61. The van der Waals surface area contributed by atoms with Crippen molar-refractivity contribution in [2.45, 2.75) is 6.92 Å². The van der Waals surface area contributed by atoms with Gasteiger partial charge in [-0.05, 0) is 18.6 Å². The molecule has 0 spiro atoms. The third-order valence-corrected chi connectivity index (χ3v) is 2.00. The molecule has 0 saturated heterocycles. The maximum atomic E-state index is 3.49. The summed E-state index contributed by atoms with van der Waals surface area (Å²) >= 11 is 0. The number of benzene rings is 1. The predicted molar refractivity (Wildman–Crippen MR) is 50.9 cm³/mol. The molecule has 0 bridgehead atoms. The summed E-state index contributed by atoms with van der Waals surface area (Å²) in [6, 6.07) is 6.28. The topological polar surface area (TPSA) is 3.24 Å². The van der Waals surface area contributed by atoms with E-state index in [0.29, 0.717) is 0 Å². The largest absolute Gasteiger partial charge is 0.377 e. The van der Waals surface area contributed by atoms with Crippen molar-refractivity contribution in [1.29, 1.82) is 0 Å². The number of hydrogen-bond acceptors (Lipinski definition) is 1. The van der Waals surface area contributed by atoms with Crippen LogP contribution in [0.2, 0.25) is 0 Å². The maximum absolute atomic E-state index is 3.49. The molecule has 11 heavy (non-hydrogen) atoms. The summed E-state index contributed by atoms with van der Waals surface area (Å²) in [7, 11) is 7.59. The van der Waals surface area contributed by atoms with Gasteiger partial charge in [-0.2, -0.15) is 0 Å². The lowest BCUT2D eigenvalue weighted by Gasteiger charge is -2.15. The lowest BCUT2D eigenvalue weighted by atomic mass is 10.2. The second kappa shape index (κ2) is 3.09. The Bertz CT molecular complexity index is 256. The van der Waals surface area contributed by atoms with E-state index >= 15 is 0 Å². The van der Waals surface area contributed by atoms with Gasteiger partial charge in [-0.25, -0.2) is 0 Å². The second-order valence-electron chi connectivity index (χ2n) is 2.90. The average molecular weight is 162 g/mol. The van der Waals surface area contributed by atoms with Crippen molar-refractivity contribution >= 4 is 21.1 Å². The molecule has 0 aromatic heterocycles. The molecule has 0 saturated carbocycles. The molecule has 0 fully saturated rings. The number of nitrogens with zero attached hydrogens (tertiary/aromatic N) is 1. The minimum atomic E-state index is 1.12. The maximum Gasteiger partial charge on any atom is 0.0712 e. The van der Waals surface area contributed by atoms with Gasteiger partial charge in [0.15, 0.2) is 0 Å². The van der Waals surface area contributed by atoms with Crippen LogP contribution in [0.4, 0.5) is 5.69 Å². The van der Waals surface area contributed by atoms with Crippen molar-refractivity contribution < 1.29 is 0 Å². The summed E-state index contributed by atoms with van der Waals surface area (Å²) in [5.41, 5.74) is 2.56. The van der Waals surface area contributed by atoms with Crippen molar-refractivity contribution in [3.8, 4) is 0 Å². The van der Waals surface area contributed by atoms with Crippen molar-refractivity contribution in [1.82, 2.24) is 0 Å². The van der Waals surface area contributed by atoms with E-state index in [1.165, 1.54) is 11.3 Å². The molecule has 0 amide bonds. The molecule has 0 aliphatic carbocycles. The van der Waals surface area contributed by atoms with Crippen LogP contribution in [0.25, 0.3) is 0 Å². The van der Waals surface area contributed by atoms with Gasteiger partial charge < -0.3 is 4.90 Å². The molecule has 1 nitrogen and oxygen atoms in total. The van der Waals surface area contributed by atoms with E-state index in [9.17, 15) is 0 Å². The first-order valence-corrected chi connectivity index (χ1v) is 4.11. The van der Waals surface area contributed by atoms with Gasteiger partial charge in [0, 0.05) is 19.8 Å². The fraction of sp³-hybridized carbons (Fsp3) is 0.333. The number of anilines is 1. The zero-order valence-electron chi connectivity index (χ0n) is 7.18. The van der Waals surface area contributed by atoms with Crippen LogP contribution >= 0.6 is 0 Å². The molecule has 0 aliphatic rings. The van der Waals surface area contributed by atoms with Gasteiger partial charge in [0.25, 0.3) is 0 Å². The zero-order valence-corrected chi connectivity index (χ0v) is 8.18. The number of aryl methyl sites for hydroxylation is 1. The molecule has 0 aliphatic heterocycles. The summed E-state index contributed by atoms with van der Waals surface area (Å²) < 4.78 is 0. The van der Waals surface area contributed by atoms with Crippen LogP contribution in [0.3, 0.4) is 0 Å². The minimum Gasteiger partial charge on any atom is -0.377 e. The van der Waals surface area contributed by atoms with Crippen molar-refractivity contribution in [3.63, 3.8) is 0 Å². The molecule has 0 atom stereocenters. The Labute approximate surface area is 71.5 Å². The Morgan fingerprint density at radius 2 is 1.91 bits per heavy atom. The predicted octanol–water partition coefficient (Wildman–Crippen LogP) is 0.855. The van der Waals surface area contributed by atoms with Crippen molar-refractivity contribution in [2.75, 3.05) is 19.0 Å². The van der Waals surface area contributed by atoms with Gasteiger partial charge >= 0.3 is 0 Å². The molecule has 2 heteroatoms. The molecule has 0 unspecified atom stereocenters. The Kier molecular flexibility index (Phi) is 2.34. The van der Waals surface area contributed by atoms with E-state index in [2.05, 4.69) is 40.3 Å². The Morgan fingerprint density at radius 1 is 1.27 bits per heavy atom. The highest BCUT2D eigenvalue weighted by Crippen LogP contribution is 2.14. The Hall–Kier alpha value is -0.763. The summed E-state index contributed by atoms with van der Waals surface area (Å²) in [6.07, 6.45) is 0. The molecule has 0 N–H and O–H groups in total. The summed E-state index contributed by atoms with van der Waals surface area (Å²) in [5.74, 6) is 0. The van der Waals surface area contributed by atoms with E-state index in [1.807, 2.05) is 14.1 Å². The first kappa shape index (κ1) is 8.33. The van der Waals surface area contributed by atoms with Gasteiger partial charge in [-0.15, -0.1) is 0 Å². The van der Waals surface area contributed by atoms with E-state index < -0.39 is 0 Å². The monoisotopic (exact) mass is 162 g/mol. The third-order valence-electron chi connectivity index (χ3n) is 1.69. The molecular weight excluding hydrogens is 150 g/mol. The van der Waals surface area contributed by atoms with Gasteiger partial charge in [0.05, 0.1) is 10.2 Å². The summed E-state index contributed by atoms with van der Waals surface area (Å²) in [5, 5.41) is 1.12. The normalized spacial score (nSPS) is 9.82. The van der Waals surface area contributed by atoms with Crippen LogP contribution in [0.15, 0.2) is 18.2 Å². The highest BCUT2D eigenvalue weighted by molar-refractivity contribution is 6.32. The van der Waals surface area contributed by atoms with Gasteiger partial charge in [-0.3, -0.25) is 0 Å².